The number of aromatic nitrogens is 1. The van der Waals surface area contributed by atoms with E-state index in [9.17, 15) is 14.7 Å². The highest BCUT2D eigenvalue weighted by Crippen LogP contribution is 2.43. The van der Waals surface area contributed by atoms with Gasteiger partial charge in [-0.05, 0) is 63.5 Å². The van der Waals surface area contributed by atoms with Crippen molar-refractivity contribution in [2.75, 3.05) is 31.6 Å². The van der Waals surface area contributed by atoms with Gasteiger partial charge >= 0.3 is 6.09 Å². The Hall–Kier alpha value is -2.35. The number of hydrogen-bond donors (Lipinski definition) is 2. The minimum Gasteiger partial charge on any atom is -0.408 e. The van der Waals surface area contributed by atoms with Gasteiger partial charge in [-0.15, -0.1) is 0 Å². The highest BCUT2D eigenvalue weighted by atomic mass is 16.6. The molecule has 1 atom stereocenters. The van der Waals surface area contributed by atoms with Crippen LogP contribution in [0.15, 0.2) is 12.3 Å². The molecule has 0 bridgehead atoms. The van der Waals surface area contributed by atoms with Crippen LogP contribution >= 0.6 is 0 Å². The third-order valence-corrected chi connectivity index (χ3v) is 7.01. The number of amides is 2. The van der Waals surface area contributed by atoms with Crippen molar-refractivity contribution in [1.82, 2.24) is 15.2 Å². The van der Waals surface area contributed by atoms with Gasteiger partial charge in [0.2, 0.25) is 5.91 Å². The minimum absolute atomic E-state index is 0.206. The Labute approximate surface area is 177 Å². The maximum absolute atomic E-state index is 13.5. The lowest BCUT2D eigenvalue weighted by Gasteiger charge is -2.41. The number of nitrogens with one attached hydrogen (secondary N) is 1. The van der Waals surface area contributed by atoms with E-state index in [0.29, 0.717) is 12.3 Å². The summed E-state index contributed by atoms with van der Waals surface area (Å²) >= 11 is 0. The molecule has 1 aromatic heterocycles. The van der Waals surface area contributed by atoms with Crippen LogP contribution in [-0.4, -0.2) is 65.8 Å². The molecule has 0 radical (unpaired) electrons. The maximum Gasteiger partial charge on any atom is 0.412 e. The number of aryl methyl sites for hydroxylation is 1. The van der Waals surface area contributed by atoms with Crippen molar-refractivity contribution in [2.45, 2.75) is 64.0 Å². The first-order valence-electron chi connectivity index (χ1n) is 11.0. The summed E-state index contributed by atoms with van der Waals surface area (Å²) in [6, 6.07) is 2.20. The average Bonchev–Trinajstić information content (AvgIpc) is 3.05. The van der Waals surface area contributed by atoms with Crippen molar-refractivity contribution in [2.24, 2.45) is 5.41 Å². The van der Waals surface area contributed by atoms with E-state index in [1.165, 1.54) is 7.05 Å². The number of hydrogen-bond acceptors (Lipinski definition) is 6. The molecule has 2 aliphatic heterocycles. The molecule has 1 unspecified atom stereocenters. The molecule has 2 N–H and O–H groups in total. The van der Waals surface area contributed by atoms with Crippen LogP contribution < -0.4 is 15.0 Å². The van der Waals surface area contributed by atoms with E-state index in [1.54, 1.807) is 6.20 Å². The summed E-state index contributed by atoms with van der Waals surface area (Å²) in [4.78, 5) is 33.8. The number of anilines is 1. The molecule has 3 heterocycles. The van der Waals surface area contributed by atoms with Crippen molar-refractivity contribution in [3.63, 3.8) is 0 Å². The van der Waals surface area contributed by atoms with Crippen LogP contribution in [-0.2, 0) is 4.79 Å². The fraction of sp³-hybridized carbons (Fsp3) is 0.682. The Morgan fingerprint density at radius 2 is 2.03 bits per heavy atom. The molecule has 0 aromatic carbocycles. The molecule has 1 aromatic rings. The fourth-order valence-electron chi connectivity index (χ4n) is 5.23. The zero-order valence-corrected chi connectivity index (χ0v) is 17.9. The first kappa shape index (κ1) is 20.9. The quantitative estimate of drug-likeness (QED) is 0.785. The zero-order valence-electron chi connectivity index (χ0n) is 17.9. The van der Waals surface area contributed by atoms with Gasteiger partial charge in [0.15, 0.2) is 5.75 Å². The van der Waals surface area contributed by atoms with E-state index in [2.05, 4.69) is 20.1 Å². The topological polar surface area (TPSA) is 95.0 Å². The van der Waals surface area contributed by atoms with Crippen LogP contribution in [0.1, 0.15) is 50.5 Å². The third kappa shape index (κ3) is 3.97. The van der Waals surface area contributed by atoms with Gasteiger partial charge in [0, 0.05) is 32.7 Å². The highest BCUT2D eigenvalue weighted by Gasteiger charge is 2.50. The standard InChI is InChI=1S/C22H32N4O4/c1-15-12-19(24-13-18(15)30-21(29)23-2)25-10-3-8-22(14-25)9-11-26(20(22)28)16-4-6-17(27)7-5-16/h12-13,16-17,27H,3-11,14H2,1-2H3,(H,23,29). The summed E-state index contributed by atoms with van der Waals surface area (Å²) in [5, 5.41) is 12.2. The molecule has 4 rings (SSSR count). The Balaban J connectivity index is 1.46. The van der Waals surface area contributed by atoms with Gasteiger partial charge in [0.05, 0.1) is 17.7 Å². The zero-order chi connectivity index (χ0) is 21.3. The van der Waals surface area contributed by atoms with Crippen molar-refractivity contribution >= 4 is 17.8 Å². The SMILES string of the molecule is CNC(=O)Oc1cnc(N2CCCC3(CCN(C4CCC(O)CC4)C3=O)C2)cc1C. The van der Waals surface area contributed by atoms with E-state index >= 15 is 0 Å². The van der Waals surface area contributed by atoms with Gasteiger partial charge in [0.25, 0.3) is 0 Å². The Bertz CT molecular complexity index is 808. The number of pyridine rings is 1. The number of carbonyl (C=O) groups is 2. The molecule has 8 nitrogen and oxygen atoms in total. The molecular weight excluding hydrogens is 384 g/mol. The number of ether oxygens (including phenoxy) is 1. The molecule has 1 aliphatic carbocycles. The number of rotatable bonds is 3. The van der Waals surface area contributed by atoms with Gasteiger partial charge < -0.3 is 25.0 Å². The third-order valence-electron chi connectivity index (χ3n) is 7.01. The molecule has 2 saturated heterocycles. The van der Waals surface area contributed by atoms with Crippen LogP contribution in [0, 0.1) is 12.3 Å². The Morgan fingerprint density at radius 1 is 1.27 bits per heavy atom. The Morgan fingerprint density at radius 3 is 2.73 bits per heavy atom. The number of piperidine rings is 1. The summed E-state index contributed by atoms with van der Waals surface area (Å²) in [6.07, 6.45) is 7.02. The van der Waals surface area contributed by atoms with Crippen molar-refractivity contribution < 1.29 is 19.4 Å². The second kappa shape index (κ2) is 8.41. The lowest BCUT2D eigenvalue weighted by Crippen LogP contribution is -2.50. The van der Waals surface area contributed by atoms with Crippen molar-refractivity contribution in [3.05, 3.63) is 17.8 Å². The van der Waals surface area contributed by atoms with E-state index in [0.717, 1.165) is 69.4 Å². The van der Waals surface area contributed by atoms with E-state index in [-0.39, 0.29) is 23.5 Å². The molecule has 1 spiro atoms. The van der Waals surface area contributed by atoms with E-state index in [1.807, 2.05) is 13.0 Å². The largest absolute Gasteiger partial charge is 0.412 e. The van der Waals surface area contributed by atoms with Crippen molar-refractivity contribution in [1.29, 1.82) is 0 Å². The first-order chi connectivity index (χ1) is 14.4. The molecule has 1 saturated carbocycles. The summed E-state index contributed by atoms with van der Waals surface area (Å²) in [6.45, 7) is 4.26. The van der Waals surface area contributed by atoms with Gasteiger partial charge in [-0.25, -0.2) is 9.78 Å². The van der Waals surface area contributed by atoms with Gasteiger partial charge in [-0.1, -0.05) is 0 Å². The predicted molar refractivity (Wildman–Crippen MR) is 113 cm³/mol. The number of likely N-dealkylation sites (tertiary alicyclic amines) is 1. The van der Waals surface area contributed by atoms with Crippen LogP contribution in [0.2, 0.25) is 0 Å². The lowest BCUT2D eigenvalue weighted by molar-refractivity contribution is -0.139. The molecule has 30 heavy (non-hydrogen) atoms. The summed E-state index contributed by atoms with van der Waals surface area (Å²) in [7, 11) is 1.52. The van der Waals surface area contributed by atoms with Crippen LogP contribution in [0.5, 0.6) is 5.75 Å². The second-order valence-electron chi connectivity index (χ2n) is 8.96. The minimum atomic E-state index is -0.517. The monoisotopic (exact) mass is 416 g/mol. The molecule has 3 aliphatic rings. The normalized spacial score (nSPS) is 29.4. The number of nitrogens with zero attached hydrogens (tertiary/aromatic N) is 3. The fourth-order valence-corrected chi connectivity index (χ4v) is 5.23. The lowest BCUT2D eigenvalue weighted by atomic mass is 9.78. The van der Waals surface area contributed by atoms with Crippen LogP contribution in [0.3, 0.4) is 0 Å². The summed E-state index contributed by atoms with van der Waals surface area (Å²) in [5.41, 5.74) is 0.504. The summed E-state index contributed by atoms with van der Waals surface area (Å²) < 4.78 is 5.23. The molecular formula is C22H32N4O4. The molecule has 8 heteroatoms. The van der Waals surface area contributed by atoms with E-state index in [4.69, 9.17) is 4.74 Å². The van der Waals surface area contributed by atoms with Gasteiger partial charge in [-0.2, -0.15) is 0 Å². The first-order valence-corrected chi connectivity index (χ1v) is 11.0. The van der Waals surface area contributed by atoms with E-state index < -0.39 is 6.09 Å². The van der Waals surface area contributed by atoms with Crippen LogP contribution in [0.4, 0.5) is 10.6 Å². The van der Waals surface area contributed by atoms with Gasteiger partial charge in [0.1, 0.15) is 5.82 Å². The highest BCUT2D eigenvalue weighted by molar-refractivity contribution is 5.86. The number of aliphatic hydroxyl groups excluding tert-OH is 1. The Kier molecular flexibility index (Phi) is 5.86. The smallest absolute Gasteiger partial charge is 0.408 e. The number of aliphatic hydroxyl groups is 1. The summed E-state index contributed by atoms with van der Waals surface area (Å²) in [5.74, 6) is 1.54. The van der Waals surface area contributed by atoms with Crippen molar-refractivity contribution in [3.8, 4) is 5.75 Å². The molecule has 3 fully saturated rings. The maximum atomic E-state index is 13.5. The number of carbonyl (C=O) groups excluding carboxylic acids is 2. The molecule has 2 amide bonds. The molecule has 164 valence electrons. The average molecular weight is 417 g/mol. The predicted octanol–water partition coefficient (Wildman–Crippen LogP) is 2.23. The van der Waals surface area contributed by atoms with Gasteiger partial charge in [-0.3, -0.25) is 4.79 Å². The second-order valence-corrected chi connectivity index (χ2v) is 8.96. The van der Waals surface area contributed by atoms with Crippen LogP contribution in [0.25, 0.3) is 0 Å².